The molecule has 0 heteroatoms. The van der Waals surface area contributed by atoms with Crippen molar-refractivity contribution in [2.24, 2.45) is 0 Å². The van der Waals surface area contributed by atoms with Crippen LogP contribution in [0.2, 0.25) is 0 Å². The largest absolute Gasteiger partial charge is 0.0622 e. The summed E-state index contributed by atoms with van der Waals surface area (Å²) in [5.74, 6) is 0. The zero-order valence-electron chi connectivity index (χ0n) is 36.4. The van der Waals surface area contributed by atoms with Gasteiger partial charge in [-0.1, -0.05) is 255 Å². The van der Waals surface area contributed by atoms with Gasteiger partial charge in [-0.3, -0.25) is 0 Å². The molecule has 12 aromatic rings. The Labute approximate surface area is 386 Å². The summed E-state index contributed by atoms with van der Waals surface area (Å²) in [6, 6.07) is 98.4. The average Bonchev–Trinajstić information content (AvgIpc) is 3.40. The molecule has 0 aliphatic rings. The maximum absolute atomic E-state index is 2.42. The van der Waals surface area contributed by atoms with E-state index in [4.69, 9.17) is 0 Å². The molecule has 0 amide bonds. The van der Waals surface area contributed by atoms with Crippen LogP contribution in [-0.2, 0) is 0 Å². The molecule has 0 saturated carbocycles. The number of hydrogen-bond acceptors (Lipinski definition) is 0. The molecule has 308 valence electrons. The van der Waals surface area contributed by atoms with Gasteiger partial charge in [-0.05, 0) is 133 Å². The molecule has 0 nitrogen and oxygen atoms in total. The Morgan fingerprint density at radius 1 is 0.136 bits per heavy atom. The van der Waals surface area contributed by atoms with E-state index in [-0.39, 0.29) is 0 Å². The van der Waals surface area contributed by atoms with Crippen molar-refractivity contribution in [3.63, 3.8) is 0 Å². The quantitative estimate of drug-likeness (QED) is 0.143. The second-order valence-corrected chi connectivity index (χ2v) is 17.1. The lowest BCUT2D eigenvalue weighted by molar-refractivity contribution is 1.55. The molecule has 0 fully saturated rings. The minimum absolute atomic E-state index is 1.16. The van der Waals surface area contributed by atoms with Crippen molar-refractivity contribution in [2.75, 3.05) is 0 Å². The van der Waals surface area contributed by atoms with Crippen LogP contribution in [-0.4, -0.2) is 0 Å². The van der Waals surface area contributed by atoms with Crippen molar-refractivity contribution in [1.82, 2.24) is 0 Å². The molecule has 0 bridgehead atoms. The van der Waals surface area contributed by atoms with Gasteiger partial charge in [0.1, 0.15) is 0 Å². The number of fused-ring (bicyclic) bond motifs is 3. The van der Waals surface area contributed by atoms with Crippen molar-refractivity contribution in [2.45, 2.75) is 0 Å². The van der Waals surface area contributed by atoms with Crippen LogP contribution in [0, 0.1) is 0 Å². The topological polar surface area (TPSA) is 0 Å². The molecule has 0 aliphatic carbocycles. The standard InChI is InChI=1S/C66H44/c1-7-25-47(26-8-1)57-58(48-27-9-2-10-28-48)60(50-31-13-4-14-32-50)66-62(52-35-17-6-18-36-52)64(56-42-40-46-24-20-22-38-54(46)44-56)63(55-41-39-45-23-19-21-37-53(45)43-55)61(51-33-15-5-16-34-51)65(66)59(57)49-29-11-3-12-30-49/h1-44H. The molecule has 0 heterocycles. The summed E-state index contributed by atoms with van der Waals surface area (Å²) < 4.78 is 0. The first-order valence-electron chi connectivity index (χ1n) is 22.8. The third-order valence-electron chi connectivity index (χ3n) is 13.2. The van der Waals surface area contributed by atoms with Crippen molar-refractivity contribution in [3.8, 4) is 89.0 Å². The van der Waals surface area contributed by atoms with Gasteiger partial charge in [0.05, 0.1) is 0 Å². The SMILES string of the molecule is c1ccc(-c2c(-c3ccccc3)c(-c3ccccc3)c3c(-c4ccccc4)c(-c4ccc5ccccc5c4)c(-c4ccc5ccccc5c4)c(-c4ccccc4)c3c2-c2ccccc2)cc1. The zero-order valence-corrected chi connectivity index (χ0v) is 36.4. The predicted molar refractivity (Wildman–Crippen MR) is 282 cm³/mol. The van der Waals surface area contributed by atoms with Gasteiger partial charge < -0.3 is 0 Å². The lowest BCUT2D eigenvalue weighted by Crippen LogP contribution is -2.04. The number of rotatable bonds is 8. The first kappa shape index (κ1) is 39.0. The summed E-state index contributed by atoms with van der Waals surface area (Å²) in [6.45, 7) is 0. The van der Waals surface area contributed by atoms with E-state index in [2.05, 4.69) is 267 Å². The van der Waals surface area contributed by atoms with Crippen molar-refractivity contribution < 1.29 is 0 Å². The van der Waals surface area contributed by atoms with E-state index >= 15 is 0 Å². The molecule has 0 aliphatic heterocycles. The first-order valence-corrected chi connectivity index (χ1v) is 22.8. The van der Waals surface area contributed by atoms with Gasteiger partial charge in [0.25, 0.3) is 0 Å². The minimum Gasteiger partial charge on any atom is -0.0622 e. The summed E-state index contributed by atoms with van der Waals surface area (Å²) in [7, 11) is 0. The summed E-state index contributed by atoms with van der Waals surface area (Å²) >= 11 is 0. The van der Waals surface area contributed by atoms with Crippen molar-refractivity contribution in [3.05, 3.63) is 267 Å². The second kappa shape index (κ2) is 16.8. The summed E-state index contributed by atoms with van der Waals surface area (Å²) in [4.78, 5) is 0. The summed E-state index contributed by atoms with van der Waals surface area (Å²) in [5.41, 5.74) is 19.0. The van der Waals surface area contributed by atoms with Crippen molar-refractivity contribution >= 4 is 32.3 Å². The fraction of sp³-hybridized carbons (Fsp3) is 0. The molecule has 0 spiro atoms. The Kier molecular flexibility index (Phi) is 9.97. The normalized spacial score (nSPS) is 11.3. The maximum Gasteiger partial charge on any atom is -0.0000936 e. The smallest absolute Gasteiger partial charge is 0.0000936 e. The minimum atomic E-state index is 1.16. The average molecular weight is 837 g/mol. The van der Waals surface area contributed by atoms with Crippen LogP contribution < -0.4 is 0 Å². The molecular weight excluding hydrogens is 793 g/mol. The number of benzene rings is 12. The van der Waals surface area contributed by atoms with E-state index in [1.54, 1.807) is 0 Å². The van der Waals surface area contributed by atoms with Crippen molar-refractivity contribution in [1.29, 1.82) is 0 Å². The molecule has 0 N–H and O–H groups in total. The highest BCUT2D eigenvalue weighted by molar-refractivity contribution is 6.30. The van der Waals surface area contributed by atoms with Crippen LogP contribution in [0.1, 0.15) is 0 Å². The van der Waals surface area contributed by atoms with E-state index in [1.165, 1.54) is 99.1 Å². The third-order valence-corrected chi connectivity index (χ3v) is 13.2. The molecule has 66 heavy (non-hydrogen) atoms. The molecule has 12 aromatic carbocycles. The molecule has 12 rings (SSSR count). The van der Waals surface area contributed by atoms with E-state index in [9.17, 15) is 0 Å². The lowest BCUT2D eigenvalue weighted by Gasteiger charge is -2.31. The molecule has 0 saturated heterocycles. The summed E-state index contributed by atoms with van der Waals surface area (Å²) in [6.07, 6.45) is 0. The number of hydrogen-bond donors (Lipinski definition) is 0. The highest BCUT2D eigenvalue weighted by Crippen LogP contribution is 2.60. The van der Waals surface area contributed by atoms with Gasteiger partial charge in [0.15, 0.2) is 0 Å². The molecule has 0 atom stereocenters. The molecule has 0 radical (unpaired) electrons. The predicted octanol–water partition coefficient (Wildman–Crippen LogP) is 18.5. The summed E-state index contributed by atoms with van der Waals surface area (Å²) in [5, 5.41) is 7.28. The Morgan fingerprint density at radius 2 is 0.348 bits per heavy atom. The molecular formula is C66H44. The van der Waals surface area contributed by atoms with Crippen LogP contribution in [0.3, 0.4) is 0 Å². The Morgan fingerprint density at radius 3 is 0.621 bits per heavy atom. The molecule has 0 aromatic heterocycles. The zero-order chi connectivity index (χ0) is 43.8. The van der Waals surface area contributed by atoms with Crippen LogP contribution in [0.5, 0.6) is 0 Å². The van der Waals surface area contributed by atoms with E-state index in [1.807, 2.05) is 0 Å². The Hall–Kier alpha value is -8.58. The van der Waals surface area contributed by atoms with Crippen LogP contribution >= 0.6 is 0 Å². The monoisotopic (exact) mass is 836 g/mol. The van der Waals surface area contributed by atoms with Crippen LogP contribution in [0.4, 0.5) is 0 Å². The second-order valence-electron chi connectivity index (χ2n) is 17.1. The maximum atomic E-state index is 2.42. The first-order chi connectivity index (χ1) is 32.8. The van der Waals surface area contributed by atoms with Gasteiger partial charge in [0.2, 0.25) is 0 Å². The van der Waals surface area contributed by atoms with Crippen LogP contribution in [0.25, 0.3) is 121 Å². The highest BCUT2D eigenvalue weighted by atomic mass is 14.3. The third kappa shape index (κ3) is 6.79. The van der Waals surface area contributed by atoms with Gasteiger partial charge >= 0.3 is 0 Å². The lowest BCUT2D eigenvalue weighted by atomic mass is 9.71. The Balaban J connectivity index is 1.47. The van der Waals surface area contributed by atoms with Crippen LogP contribution in [0.15, 0.2) is 267 Å². The molecule has 0 unspecified atom stereocenters. The fourth-order valence-corrected chi connectivity index (χ4v) is 10.4. The van der Waals surface area contributed by atoms with E-state index in [0.29, 0.717) is 0 Å². The fourth-order valence-electron chi connectivity index (χ4n) is 10.4. The van der Waals surface area contributed by atoms with Gasteiger partial charge in [0, 0.05) is 0 Å². The van der Waals surface area contributed by atoms with E-state index in [0.717, 1.165) is 22.3 Å². The highest BCUT2D eigenvalue weighted by Gasteiger charge is 2.32. The van der Waals surface area contributed by atoms with Gasteiger partial charge in [-0.2, -0.15) is 0 Å². The Bertz CT molecular complexity index is 3440. The van der Waals surface area contributed by atoms with Gasteiger partial charge in [-0.25, -0.2) is 0 Å². The van der Waals surface area contributed by atoms with Gasteiger partial charge in [-0.15, -0.1) is 0 Å². The van der Waals surface area contributed by atoms with E-state index < -0.39 is 0 Å².